The largest absolute Gasteiger partial charge is 0.317 e. The highest BCUT2D eigenvalue weighted by molar-refractivity contribution is 14.1. The van der Waals surface area contributed by atoms with E-state index >= 15 is 0 Å². The van der Waals surface area contributed by atoms with Gasteiger partial charge in [0.2, 0.25) is 0 Å². The molecule has 37 heavy (non-hydrogen) atoms. The van der Waals surface area contributed by atoms with Gasteiger partial charge >= 0.3 is 0 Å². The van der Waals surface area contributed by atoms with Crippen molar-refractivity contribution in [1.29, 1.82) is 0 Å². The van der Waals surface area contributed by atoms with E-state index in [9.17, 15) is 4.79 Å². The number of fused-ring (bicyclic) bond motifs is 3. The van der Waals surface area contributed by atoms with E-state index < -0.39 is 0 Å². The summed E-state index contributed by atoms with van der Waals surface area (Å²) in [6.07, 6.45) is 4.84. The second-order valence-electron chi connectivity index (χ2n) is 10.1. The number of rotatable bonds is 5. The first-order chi connectivity index (χ1) is 17.9. The highest BCUT2D eigenvalue weighted by Gasteiger charge is 2.30. The number of aromatic nitrogens is 1. The Morgan fingerprint density at radius 3 is 2.38 bits per heavy atom. The van der Waals surface area contributed by atoms with Crippen LogP contribution in [0.4, 0.5) is 0 Å². The van der Waals surface area contributed by atoms with Crippen molar-refractivity contribution in [3.05, 3.63) is 129 Å². The fourth-order valence-corrected chi connectivity index (χ4v) is 6.01. The summed E-state index contributed by atoms with van der Waals surface area (Å²) in [7, 11) is 0. The van der Waals surface area contributed by atoms with Gasteiger partial charge in [-0.2, -0.15) is 0 Å². The number of dihydropyridines is 1. The molecule has 0 aliphatic carbocycles. The number of allylic oxidation sites excluding steroid dienone is 1. The molecule has 1 aliphatic rings. The van der Waals surface area contributed by atoms with E-state index in [4.69, 9.17) is 4.99 Å². The van der Waals surface area contributed by atoms with E-state index in [-0.39, 0.29) is 17.4 Å². The summed E-state index contributed by atoms with van der Waals surface area (Å²) in [4.78, 5) is 18.4. The van der Waals surface area contributed by atoms with Crippen LogP contribution in [0.1, 0.15) is 47.9 Å². The Morgan fingerprint density at radius 2 is 1.57 bits per heavy atom. The van der Waals surface area contributed by atoms with Gasteiger partial charge in [-0.1, -0.05) is 92.2 Å². The molecule has 4 heteroatoms. The third-order valence-corrected chi connectivity index (χ3v) is 8.26. The van der Waals surface area contributed by atoms with Gasteiger partial charge in [0.05, 0.1) is 11.0 Å². The first-order valence-corrected chi connectivity index (χ1v) is 13.6. The zero-order chi connectivity index (χ0) is 25.6. The molecule has 182 valence electrons. The lowest BCUT2D eigenvalue weighted by atomic mass is 9.75. The number of para-hydroxylation sites is 1. The molecule has 0 saturated carbocycles. The maximum absolute atomic E-state index is 13.4. The SMILES string of the molecule is CC(C)(C1=CC=NC(n2c3ccccc3c3ccc(C(=O)c4cccc(I)c4)cc32)C1)c1ccccc1. The normalized spacial score (nSPS) is 15.8. The van der Waals surface area contributed by atoms with E-state index in [1.54, 1.807) is 0 Å². The fraction of sp³-hybridized carbons (Fsp3) is 0.152. The average molecular weight is 594 g/mol. The van der Waals surface area contributed by atoms with Crippen molar-refractivity contribution in [3.63, 3.8) is 0 Å². The number of aliphatic imine (C=N–C) groups is 1. The number of hydrogen-bond acceptors (Lipinski definition) is 2. The zero-order valence-corrected chi connectivity index (χ0v) is 23.0. The number of benzene rings is 4. The fourth-order valence-electron chi connectivity index (χ4n) is 5.47. The Morgan fingerprint density at radius 1 is 0.838 bits per heavy atom. The van der Waals surface area contributed by atoms with Gasteiger partial charge < -0.3 is 4.57 Å². The van der Waals surface area contributed by atoms with Crippen molar-refractivity contribution in [3.8, 4) is 0 Å². The number of carbonyl (C=O) groups is 1. The minimum atomic E-state index is -0.115. The second kappa shape index (κ2) is 9.42. The first-order valence-electron chi connectivity index (χ1n) is 12.5. The molecule has 0 spiro atoms. The van der Waals surface area contributed by atoms with Crippen molar-refractivity contribution >= 4 is 56.4 Å². The Kier molecular flexibility index (Phi) is 6.07. The molecule has 0 amide bonds. The van der Waals surface area contributed by atoms with Gasteiger partial charge in [0.25, 0.3) is 0 Å². The molecular weight excluding hydrogens is 567 g/mol. The molecule has 0 radical (unpaired) electrons. The van der Waals surface area contributed by atoms with Gasteiger partial charge in [-0.25, -0.2) is 0 Å². The smallest absolute Gasteiger partial charge is 0.193 e. The van der Waals surface area contributed by atoms with Gasteiger partial charge in [-0.3, -0.25) is 9.79 Å². The lowest BCUT2D eigenvalue weighted by Crippen LogP contribution is -2.24. The highest BCUT2D eigenvalue weighted by Crippen LogP contribution is 2.41. The highest BCUT2D eigenvalue weighted by atomic mass is 127. The molecule has 0 bridgehead atoms. The molecule has 1 unspecified atom stereocenters. The van der Waals surface area contributed by atoms with E-state index in [2.05, 4.69) is 108 Å². The predicted octanol–water partition coefficient (Wildman–Crippen LogP) is 8.51. The van der Waals surface area contributed by atoms with Gasteiger partial charge in [0, 0.05) is 43.5 Å². The molecule has 1 aliphatic heterocycles. The van der Waals surface area contributed by atoms with Gasteiger partial charge in [-0.15, -0.1) is 0 Å². The third kappa shape index (κ3) is 4.23. The molecular formula is C33H27IN2O. The molecule has 0 N–H and O–H groups in total. The van der Waals surface area contributed by atoms with Crippen LogP contribution in [0.25, 0.3) is 21.8 Å². The summed E-state index contributed by atoms with van der Waals surface area (Å²) in [5.41, 5.74) is 6.10. The summed E-state index contributed by atoms with van der Waals surface area (Å²) in [5.74, 6) is 0.0372. The molecule has 0 saturated heterocycles. The molecule has 0 fully saturated rings. The van der Waals surface area contributed by atoms with E-state index in [1.807, 2.05) is 42.6 Å². The average Bonchev–Trinajstić information content (AvgIpc) is 3.27. The Balaban J connectivity index is 1.46. The summed E-state index contributed by atoms with van der Waals surface area (Å²) in [6.45, 7) is 4.57. The zero-order valence-electron chi connectivity index (χ0n) is 20.9. The van der Waals surface area contributed by atoms with Crippen LogP contribution in [-0.4, -0.2) is 16.6 Å². The Hall–Kier alpha value is -3.51. The number of ketones is 1. The molecule has 1 atom stereocenters. The van der Waals surface area contributed by atoms with Crippen LogP contribution in [0.2, 0.25) is 0 Å². The van der Waals surface area contributed by atoms with E-state index in [0.29, 0.717) is 11.1 Å². The monoisotopic (exact) mass is 594 g/mol. The van der Waals surface area contributed by atoms with Crippen molar-refractivity contribution in [2.75, 3.05) is 0 Å². The molecule has 4 aromatic carbocycles. The second-order valence-corrected chi connectivity index (χ2v) is 11.4. The Labute approximate surface area is 230 Å². The summed E-state index contributed by atoms with van der Waals surface area (Å²) in [6, 6.07) is 33.0. The molecule has 5 aromatic rings. The van der Waals surface area contributed by atoms with Gasteiger partial charge in [0.1, 0.15) is 6.17 Å². The number of halogens is 1. The molecule has 2 heterocycles. The van der Waals surface area contributed by atoms with Crippen LogP contribution in [0.3, 0.4) is 0 Å². The van der Waals surface area contributed by atoms with E-state index in [0.717, 1.165) is 26.4 Å². The Bertz CT molecular complexity index is 1710. The van der Waals surface area contributed by atoms with Crippen LogP contribution < -0.4 is 0 Å². The number of hydrogen-bond donors (Lipinski definition) is 0. The van der Waals surface area contributed by atoms with Crippen LogP contribution >= 0.6 is 22.6 Å². The van der Waals surface area contributed by atoms with Crippen LogP contribution in [0.15, 0.2) is 114 Å². The van der Waals surface area contributed by atoms with Crippen molar-refractivity contribution < 1.29 is 4.79 Å². The third-order valence-electron chi connectivity index (χ3n) is 7.59. The summed E-state index contributed by atoms with van der Waals surface area (Å²) in [5, 5.41) is 2.32. The predicted molar refractivity (Wildman–Crippen MR) is 162 cm³/mol. The lowest BCUT2D eigenvalue weighted by molar-refractivity contribution is 0.103. The standard InChI is InChI=1S/C33H27IN2O/c1-33(2,24-10-4-3-5-11-24)25-17-18-35-31(21-25)36-29-14-7-6-13-27(29)28-16-15-23(20-30(28)36)32(37)22-9-8-12-26(34)19-22/h3-20,31H,21H2,1-2H3. The minimum absolute atomic E-state index is 0.0372. The maximum Gasteiger partial charge on any atom is 0.193 e. The summed E-state index contributed by atoms with van der Waals surface area (Å²) >= 11 is 2.25. The minimum Gasteiger partial charge on any atom is -0.317 e. The van der Waals surface area contributed by atoms with Crippen LogP contribution in [-0.2, 0) is 5.41 Å². The molecule has 1 aromatic heterocycles. The maximum atomic E-state index is 13.4. The van der Waals surface area contributed by atoms with Crippen LogP contribution in [0.5, 0.6) is 0 Å². The molecule has 3 nitrogen and oxygen atoms in total. The van der Waals surface area contributed by atoms with Gasteiger partial charge in [0.15, 0.2) is 5.78 Å². The quantitative estimate of drug-likeness (QED) is 0.148. The van der Waals surface area contributed by atoms with Crippen molar-refractivity contribution in [1.82, 2.24) is 4.57 Å². The lowest BCUT2D eigenvalue weighted by Gasteiger charge is -2.33. The van der Waals surface area contributed by atoms with E-state index in [1.165, 1.54) is 16.5 Å². The van der Waals surface area contributed by atoms with Crippen molar-refractivity contribution in [2.24, 2.45) is 4.99 Å². The first kappa shape index (κ1) is 23.9. The topological polar surface area (TPSA) is 34.4 Å². The summed E-state index contributed by atoms with van der Waals surface area (Å²) < 4.78 is 3.37. The number of nitrogens with zero attached hydrogens (tertiary/aromatic N) is 2. The molecule has 6 rings (SSSR count). The van der Waals surface area contributed by atoms with Crippen molar-refractivity contribution in [2.45, 2.75) is 31.8 Å². The van der Waals surface area contributed by atoms with Crippen LogP contribution in [0, 0.1) is 3.57 Å². The number of carbonyl (C=O) groups excluding carboxylic acids is 1. The van der Waals surface area contributed by atoms with Gasteiger partial charge in [-0.05, 0) is 58.5 Å².